The van der Waals surface area contributed by atoms with Gasteiger partial charge in [-0.2, -0.15) is 0 Å². The number of nitrogens with two attached hydrogens (primary N) is 1. The molecule has 29 heavy (non-hydrogen) atoms. The third kappa shape index (κ3) is 5.27. The van der Waals surface area contributed by atoms with E-state index in [-0.39, 0.29) is 41.7 Å². The van der Waals surface area contributed by atoms with Gasteiger partial charge in [-0.05, 0) is 24.6 Å². The van der Waals surface area contributed by atoms with Gasteiger partial charge in [0.2, 0.25) is 11.8 Å². The van der Waals surface area contributed by atoms with E-state index in [9.17, 15) is 18.8 Å². The number of pyridine rings is 1. The van der Waals surface area contributed by atoms with Crippen molar-refractivity contribution in [3.05, 3.63) is 58.8 Å². The maximum atomic E-state index is 14.5. The highest BCUT2D eigenvalue weighted by molar-refractivity contribution is 5.92. The van der Waals surface area contributed by atoms with Crippen molar-refractivity contribution in [2.24, 2.45) is 5.73 Å². The van der Waals surface area contributed by atoms with Gasteiger partial charge in [0.1, 0.15) is 5.82 Å². The molecule has 9 heteroatoms. The maximum absolute atomic E-state index is 14.5. The number of likely N-dealkylation sites (tertiary alicyclic amines) is 1. The highest BCUT2D eigenvalue weighted by Gasteiger charge is 2.31. The summed E-state index contributed by atoms with van der Waals surface area (Å²) in [5, 5.41) is 5.30. The number of amides is 2. The first kappa shape index (κ1) is 20.7. The highest BCUT2D eigenvalue weighted by atomic mass is 19.1. The topological polar surface area (TPSA) is 109 Å². The largest absolute Gasteiger partial charge is 0.355 e. The van der Waals surface area contributed by atoms with Gasteiger partial charge in [0.25, 0.3) is 5.56 Å². The average Bonchev–Trinajstić information content (AvgIpc) is 3.01. The number of anilines is 1. The molecule has 1 aliphatic rings. The minimum absolute atomic E-state index is 0.0321. The molecule has 1 aromatic heterocycles. The third-order valence-corrected chi connectivity index (χ3v) is 4.82. The number of nitrogens with one attached hydrogen (secondary N) is 2. The summed E-state index contributed by atoms with van der Waals surface area (Å²) >= 11 is 0. The number of hydrogen-bond acceptors (Lipinski definition) is 5. The van der Waals surface area contributed by atoms with Crippen LogP contribution in [-0.4, -0.2) is 53.0 Å². The number of halogens is 1. The van der Waals surface area contributed by atoms with E-state index in [2.05, 4.69) is 10.6 Å². The molecular weight excluding hydrogens is 377 g/mol. The lowest BCUT2D eigenvalue weighted by Gasteiger charge is -2.23. The van der Waals surface area contributed by atoms with Crippen LogP contribution < -0.4 is 21.9 Å². The molecule has 8 nitrogen and oxygen atoms in total. The number of aromatic nitrogens is 1. The fraction of sp³-hybridized carbons (Fsp3) is 0.350. The van der Waals surface area contributed by atoms with Gasteiger partial charge >= 0.3 is 0 Å². The van der Waals surface area contributed by atoms with Crippen molar-refractivity contribution in [2.75, 3.05) is 25.0 Å². The molecule has 2 aromatic rings. The first-order valence-electron chi connectivity index (χ1n) is 9.35. The fourth-order valence-corrected chi connectivity index (χ4v) is 3.46. The normalized spacial score (nSPS) is 19.1. The molecule has 2 heterocycles. The van der Waals surface area contributed by atoms with Crippen molar-refractivity contribution in [2.45, 2.75) is 25.4 Å². The zero-order valence-electron chi connectivity index (χ0n) is 16.1. The predicted octanol–water partition coefficient (Wildman–Crippen LogP) is 0.453. The summed E-state index contributed by atoms with van der Waals surface area (Å²) in [6.45, 7) is 2.40. The van der Waals surface area contributed by atoms with Crippen molar-refractivity contribution >= 4 is 17.5 Å². The summed E-state index contributed by atoms with van der Waals surface area (Å²) in [4.78, 5) is 37.3. The van der Waals surface area contributed by atoms with Crippen molar-refractivity contribution in [1.82, 2.24) is 14.8 Å². The molecule has 1 fully saturated rings. The van der Waals surface area contributed by atoms with Crippen LogP contribution in [0.25, 0.3) is 5.69 Å². The van der Waals surface area contributed by atoms with E-state index in [4.69, 9.17) is 5.73 Å². The second kappa shape index (κ2) is 8.97. The van der Waals surface area contributed by atoms with Gasteiger partial charge in [-0.15, -0.1) is 0 Å². The molecule has 4 N–H and O–H groups in total. The molecular formula is C20H24FN5O3. The minimum Gasteiger partial charge on any atom is -0.355 e. The molecule has 0 radical (unpaired) electrons. The Bertz CT molecular complexity index is 961. The lowest BCUT2D eigenvalue weighted by Crippen LogP contribution is -2.43. The molecule has 1 aliphatic heterocycles. The summed E-state index contributed by atoms with van der Waals surface area (Å²) < 4.78 is 15.8. The number of carbonyl (C=O) groups excluding carboxylic acids is 2. The number of rotatable bonds is 6. The molecule has 154 valence electrons. The Morgan fingerprint density at radius 1 is 1.28 bits per heavy atom. The molecule has 0 saturated carbocycles. The number of benzene rings is 1. The van der Waals surface area contributed by atoms with Gasteiger partial charge in [-0.1, -0.05) is 6.07 Å². The first-order chi connectivity index (χ1) is 13.8. The Labute approximate surface area is 167 Å². The van der Waals surface area contributed by atoms with Crippen LogP contribution in [0.1, 0.15) is 13.3 Å². The number of carbonyl (C=O) groups is 2. The molecule has 0 spiro atoms. The van der Waals surface area contributed by atoms with Gasteiger partial charge in [0.05, 0.1) is 17.9 Å². The van der Waals surface area contributed by atoms with Gasteiger partial charge in [-0.3, -0.25) is 23.9 Å². The Kier molecular flexibility index (Phi) is 6.40. The van der Waals surface area contributed by atoms with Crippen LogP contribution in [0.4, 0.5) is 10.1 Å². The highest BCUT2D eigenvalue weighted by Crippen LogP contribution is 2.19. The zero-order valence-corrected chi connectivity index (χ0v) is 16.1. The Balaban J connectivity index is 1.65. The Morgan fingerprint density at radius 3 is 2.76 bits per heavy atom. The molecule has 3 rings (SSSR count). The van der Waals surface area contributed by atoms with Crippen LogP contribution in [0.5, 0.6) is 0 Å². The molecule has 2 atom stereocenters. The van der Waals surface area contributed by atoms with E-state index in [0.29, 0.717) is 25.2 Å². The molecule has 1 aromatic carbocycles. The lowest BCUT2D eigenvalue weighted by molar-refractivity contribution is -0.119. The van der Waals surface area contributed by atoms with Gasteiger partial charge in [0, 0.05) is 50.4 Å². The van der Waals surface area contributed by atoms with E-state index in [1.165, 1.54) is 29.7 Å². The van der Waals surface area contributed by atoms with Crippen LogP contribution >= 0.6 is 0 Å². The maximum Gasteiger partial charge on any atom is 0.255 e. The van der Waals surface area contributed by atoms with Crippen LogP contribution in [0.15, 0.2) is 47.4 Å². The Morgan fingerprint density at radius 2 is 2.07 bits per heavy atom. The number of hydrogen-bond donors (Lipinski definition) is 3. The standard InChI is InChI=1S/C20H24FN5O3/c1-13(27)23-10-16-8-14(22)11-25(16)12-19(28)24-18-6-5-15(9-17(18)21)26-7-3-2-4-20(26)29/h2-7,9,14,16H,8,10-12,22H2,1H3,(H,23,27)(H,24,28)/t14-,16+/m1/s1. The molecule has 0 unspecified atom stereocenters. The van der Waals surface area contributed by atoms with Crippen molar-refractivity contribution < 1.29 is 14.0 Å². The van der Waals surface area contributed by atoms with Crippen molar-refractivity contribution in [3.63, 3.8) is 0 Å². The first-order valence-corrected chi connectivity index (χ1v) is 9.35. The van der Waals surface area contributed by atoms with Crippen molar-refractivity contribution in [1.29, 1.82) is 0 Å². The van der Waals surface area contributed by atoms with Gasteiger partial charge < -0.3 is 16.4 Å². The van der Waals surface area contributed by atoms with E-state index in [1.54, 1.807) is 24.4 Å². The fourth-order valence-electron chi connectivity index (χ4n) is 3.46. The molecule has 0 bridgehead atoms. The van der Waals surface area contributed by atoms with Gasteiger partial charge in [0.15, 0.2) is 0 Å². The lowest BCUT2D eigenvalue weighted by atomic mass is 10.2. The van der Waals surface area contributed by atoms with E-state index in [0.717, 1.165) is 0 Å². The predicted molar refractivity (Wildman–Crippen MR) is 107 cm³/mol. The summed E-state index contributed by atoms with van der Waals surface area (Å²) in [6.07, 6.45) is 2.21. The van der Waals surface area contributed by atoms with Gasteiger partial charge in [-0.25, -0.2) is 4.39 Å². The second-order valence-corrected chi connectivity index (χ2v) is 7.14. The molecule has 1 saturated heterocycles. The smallest absolute Gasteiger partial charge is 0.255 e. The third-order valence-electron chi connectivity index (χ3n) is 4.82. The van der Waals surface area contributed by atoms with E-state index < -0.39 is 5.82 Å². The summed E-state index contributed by atoms with van der Waals surface area (Å²) in [5.74, 6) is -1.16. The van der Waals surface area contributed by atoms with Crippen molar-refractivity contribution in [3.8, 4) is 5.69 Å². The quantitative estimate of drug-likeness (QED) is 0.651. The molecule has 2 amide bonds. The van der Waals surface area contributed by atoms with Crippen LogP contribution in [-0.2, 0) is 9.59 Å². The molecule has 0 aliphatic carbocycles. The van der Waals surface area contributed by atoms with E-state index in [1.807, 2.05) is 4.90 Å². The SMILES string of the molecule is CC(=O)NC[C@@H]1C[C@@H](N)CN1CC(=O)Nc1ccc(-n2ccccc2=O)cc1F. The zero-order chi connectivity index (χ0) is 21.0. The van der Waals surface area contributed by atoms with Crippen LogP contribution in [0.3, 0.4) is 0 Å². The number of nitrogens with zero attached hydrogens (tertiary/aromatic N) is 2. The van der Waals surface area contributed by atoms with E-state index >= 15 is 0 Å². The second-order valence-electron chi connectivity index (χ2n) is 7.14. The van der Waals surface area contributed by atoms with Crippen LogP contribution in [0, 0.1) is 5.82 Å². The summed E-state index contributed by atoms with van der Waals surface area (Å²) in [6, 6.07) is 8.71. The Hall–Kier alpha value is -3.04. The van der Waals surface area contributed by atoms with Crippen LogP contribution in [0.2, 0.25) is 0 Å². The minimum atomic E-state index is -0.639. The average molecular weight is 401 g/mol. The monoisotopic (exact) mass is 401 g/mol. The summed E-state index contributed by atoms with van der Waals surface area (Å²) in [5.41, 5.74) is 6.11. The summed E-state index contributed by atoms with van der Waals surface area (Å²) in [7, 11) is 0.